The Balaban J connectivity index is 1.48. The van der Waals surface area contributed by atoms with E-state index in [1.807, 2.05) is 55.5 Å². The Morgan fingerprint density at radius 2 is 1.62 bits per heavy atom. The number of nitrogens with zero attached hydrogens (tertiary/aromatic N) is 2. The lowest BCUT2D eigenvalue weighted by molar-refractivity contribution is 0.0953. The molecule has 1 heterocycles. The predicted molar refractivity (Wildman–Crippen MR) is 112 cm³/mol. The van der Waals surface area contributed by atoms with Gasteiger partial charge in [0.1, 0.15) is 11.5 Å². The summed E-state index contributed by atoms with van der Waals surface area (Å²) < 4.78 is 10.6. The number of carbonyl (C=O) groups excluding carboxylic acids is 1. The van der Waals surface area contributed by atoms with Crippen LogP contribution in [0, 0.1) is 0 Å². The average molecular weight is 392 g/mol. The van der Waals surface area contributed by atoms with Gasteiger partial charge in [-0.25, -0.2) is 9.97 Å². The summed E-state index contributed by atoms with van der Waals surface area (Å²) in [6, 6.07) is 15.3. The van der Waals surface area contributed by atoms with Gasteiger partial charge in [-0.15, -0.1) is 0 Å². The van der Waals surface area contributed by atoms with Crippen molar-refractivity contribution in [2.45, 2.75) is 13.3 Å². The molecule has 150 valence electrons. The summed E-state index contributed by atoms with van der Waals surface area (Å²) in [5.74, 6) is 1.84. The van der Waals surface area contributed by atoms with Gasteiger partial charge in [-0.1, -0.05) is 12.1 Å². The third-order valence-corrected chi connectivity index (χ3v) is 4.19. The maximum absolute atomic E-state index is 12.3. The van der Waals surface area contributed by atoms with Crippen LogP contribution in [0.1, 0.15) is 22.8 Å². The van der Waals surface area contributed by atoms with Crippen LogP contribution in [0.15, 0.2) is 60.9 Å². The van der Waals surface area contributed by atoms with Gasteiger partial charge in [-0.2, -0.15) is 0 Å². The van der Waals surface area contributed by atoms with Crippen molar-refractivity contribution >= 4 is 17.5 Å². The van der Waals surface area contributed by atoms with Crippen LogP contribution >= 0.6 is 0 Å². The van der Waals surface area contributed by atoms with E-state index in [2.05, 4.69) is 20.6 Å². The number of carbonyl (C=O) groups is 1. The molecule has 0 aliphatic heterocycles. The molecule has 0 radical (unpaired) electrons. The number of amides is 1. The Hall–Kier alpha value is -3.61. The first-order chi connectivity index (χ1) is 14.2. The molecular weight excluding hydrogens is 368 g/mol. The summed E-state index contributed by atoms with van der Waals surface area (Å²) in [5.41, 5.74) is 2.37. The van der Waals surface area contributed by atoms with E-state index in [0.29, 0.717) is 24.7 Å². The molecule has 0 unspecified atom stereocenters. The Labute approximate surface area is 170 Å². The minimum atomic E-state index is -0.203. The molecule has 7 nitrogen and oxygen atoms in total. The standard InChI is InChI=1S/C22H24N4O3/c1-3-29-20-10-6-18(7-11-20)26-22-24-14-17(15-25-22)21(27)23-13-12-16-4-8-19(28-2)9-5-16/h4-11,14-15H,3,12-13H2,1-2H3,(H,23,27)(H,24,25,26). The normalized spacial score (nSPS) is 10.3. The van der Waals surface area contributed by atoms with Gasteiger partial charge in [0.05, 0.1) is 19.3 Å². The topological polar surface area (TPSA) is 85.4 Å². The fraction of sp³-hybridized carbons (Fsp3) is 0.227. The van der Waals surface area contributed by atoms with Gasteiger partial charge in [0.25, 0.3) is 5.91 Å². The van der Waals surface area contributed by atoms with Crippen molar-refractivity contribution in [1.29, 1.82) is 0 Å². The Bertz CT molecular complexity index is 910. The number of rotatable bonds is 9. The maximum atomic E-state index is 12.3. The molecule has 7 heteroatoms. The molecule has 3 aromatic rings. The van der Waals surface area contributed by atoms with Crippen LogP contribution in [0.3, 0.4) is 0 Å². The van der Waals surface area contributed by atoms with Crippen molar-refractivity contribution in [3.05, 3.63) is 72.1 Å². The van der Waals surface area contributed by atoms with Crippen molar-refractivity contribution in [2.75, 3.05) is 25.6 Å². The molecule has 0 fully saturated rings. The second-order valence-electron chi connectivity index (χ2n) is 6.23. The van der Waals surface area contributed by atoms with Gasteiger partial charge in [0, 0.05) is 24.6 Å². The zero-order valence-electron chi connectivity index (χ0n) is 16.5. The van der Waals surface area contributed by atoms with Crippen LogP contribution in [0.5, 0.6) is 11.5 Å². The minimum absolute atomic E-state index is 0.203. The number of benzene rings is 2. The highest BCUT2D eigenvalue weighted by Crippen LogP contribution is 2.18. The second kappa shape index (κ2) is 10.1. The largest absolute Gasteiger partial charge is 0.497 e. The van der Waals surface area contributed by atoms with Crippen LogP contribution in [0.4, 0.5) is 11.6 Å². The fourth-order valence-corrected chi connectivity index (χ4v) is 2.65. The van der Waals surface area contributed by atoms with E-state index in [0.717, 1.165) is 29.2 Å². The lowest BCUT2D eigenvalue weighted by Crippen LogP contribution is -2.26. The first kappa shape index (κ1) is 20.1. The highest BCUT2D eigenvalue weighted by atomic mass is 16.5. The summed E-state index contributed by atoms with van der Waals surface area (Å²) in [6.45, 7) is 3.09. The van der Waals surface area contributed by atoms with Crippen LogP contribution < -0.4 is 20.1 Å². The first-order valence-corrected chi connectivity index (χ1v) is 9.41. The van der Waals surface area contributed by atoms with Crippen molar-refractivity contribution in [2.24, 2.45) is 0 Å². The lowest BCUT2D eigenvalue weighted by atomic mass is 10.1. The second-order valence-corrected chi connectivity index (χ2v) is 6.23. The first-order valence-electron chi connectivity index (χ1n) is 9.41. The number of ether oxygens (including phenoxy) is 2. The number of nitrogens with one attached hydrogen (secondary N) is 2. The van der Waals surface area contributed by atoms with Crippen molar-refractivity contribution in [3.63, 3.8) is 0 Å². The van der Waals surface area contributed by atoms with Crippen LogP contribution in [-0.2, 0) is 6.42 Å². The van der Waals surface area contributed by atoms with E-state index in [1.54, 1.807) is 7.11 Å². The number of anilines is 2. The molecule has 1 aromatic heterocycles. The van der Waals surface area contributed by atoms with Gasteiger partial charge in [-0.3, -0.25) is 4.79 Å². The molecule has 2 N–H and O–H groups in total. The van der Waals surface area contributed by atoms with Gasteiger partial charge in [-0.05, 0) is 55.3 Å². The summed E-state index contributed by atoms with van der Waals surface area (Å²) >= 11 is 0. The highest BCUT2D eigenvalue weighted by molar-refractivity contribution is 5.93. The molecule has 3 rings (SSSR count). The molecule has 1 amide bonds. The predicted octanol–water partition coefficient (Wildman–Crippen LogP) is 3.60. The van der Waals surface area contributed by atoms with Crippen LogP contribution in [0.25, 0.3) is 0 Å². The Morgan fingerprint density at radius 3 is 2.24 bits per heavy atom. The third kappa shape index (κ3) is 5.93. The number of hydrogen-bond donors (Lipinski definition) is 2. The number of methoxy groups -OCH3 is 1. The highest BCUT2D eigenvalue weighted by Gasteiger charge is 2.07. The zero-order chi connectivity index (χ0) is 20.5. The minimum Gasteiger partial charge on any atom is -0.497 e. The molecule has 0 spiro atoms. The number of hydrogen-bond acceptors (Lipinski definition) is 6. The SMILES string of the molecule is CCOc1ccc(Nc2ncc(C(=O)NCCc3ccc(OC)cc3)cn2)cc1. The molecular formula is C22H24N4O3. The lowest BCUT2D eigenvalue weighted by Gasteiger charge is -2.08. The average Bonchev–Trinajstić information content (AvgIpc) is 2.76. The quantitative estimate of drug-likeness (QED) is 0.579. The molecule has 29 heavy (non-hydrogen) atoms. The molecule has 0 saturated carbocycles. The molecule has 0 aliphatic rings. The molecule has 0 bridgehead atoms. The van der Waals surface area contributed by atoms with E-state index in [-0.39, 0.29) is 5.91 Å². The molecule has 0 saturated heterocycles. The molecule has 0 aliphatic carbocycles. The van der Waals surface area contributed by atoms with E-state index in [4.69, 9.17) is 9.47 Å². The summed E-state index contributed by atoms with van der Waals surface area (Å²) in [6.07, 6.45) is 3.74. The fourth-order valence-electron chi connectivity index (χ4n) is 2.65. The number of aromatic nitrogens is 2. The Kier molecular flexibility index (Phi) is 7.00. The van der Waals surface area contributed by atoms with E-state index in [1.165, 1.54) is 12.4 Å². The van der Waals surface area contributed by atoms with Crippen molar-refractivity contribution in [3.8, 4) is 11.5 Å². The molecule has 0 atom stereocenters. The maximum Gasteiger partial charge on any atom is 0.254 e. The Morgan fingerprint density at radius 1 is 0.966 bits per heavy atom. The van der Waals surface area contributed by atoms with Gasteiger partial charge in [0.15, 0.2) is 0 Å². The van der Waals surface area contributed by atoms with E-state index < -0.39 is 0 Å². The van der Waals surface area contributed by atoms with Crippen LogP contribution in [-0.4, -0.2) is 36.1 Å². The summed E-state index contributed by atoms with van der Waals surface area (Å²) in [7, 11) is 1.64. The van der Waals surface area contributed by atoms with E-state index >= 15 is 0 Å². The van der Waals surface area contributed by atoms with Crippen molar-refractivity contribution < 1.29 is 14.3 Å². The van der Waals surface area contributed by atoms with Gasteiger partial charge >= 0.3 is 0 Å². The van der Waals surface area contributed by atoms with Crippen LogP contribution in [0.2, 0.25) is 0 Å². The van der Waals surface area contributed by atoms with Gasteiger partial charge < -0.3 is 20.1 Å². The monoisotopic (exact) mass is 392 g/mol. The van der Waals surface area contributed by atoms with Gasteiger partial charge in [0.2, 0.25) is 5.95 Å². The third-order valence-electron chi connectivity index (χ3n) is 4.19. The molecule has 2 aromatic carbocycles. The van der Waals surface area contributed by atoms with Crippen molar-refractivity contribution in [1.82, 2.24) is 15.3 Å². The van der Waals surface area contributed by atoms with E-state index in [9.17, 15) is 4.79 Å². The zero-order valence-corrected chi connectivity index (χ0v) is 16.5. The summed E-state index contributed by atoms with van der Waals surface area (Å²) in [4.78, 5) is 20.7. The smallest absolute Gasteiger partial charge is 0.254 e. The summed E-state index contributed by atoms with van der Waals surface area (Å²) in [5, 5.41) is 5.97.